The van der Waals surface area contributed by atoms with E-state index in [1.165, 1.54) is 6.33 Å². The molecule has 0 aliphatic carbocycles. The summed E-state index contributed by atoms with van der Waals surface area (Å²) >= 11 is 0. The summed E-state index contributed by atoms with van der Waals surface area (Å²) in [6, 6.07) is 0. The van der Waals surface area contributed by atoms with Gasteiger partial charge < -0.3 is 10.7 Å². The molecule has 58 valence electrons. The largest absolute Gasteiger partial charge is 0.382 e. The zero-order valence-electron chi connectivity index (χ0n) is 6.07. The molecular weight excluding hydrogens is 154 g/mol. The number of anilines is 1. The number of imidazole rings is 1. The lowest BCUT2D eigenvalue weighted by Crippen LogP contribution is -1.91. The van der Waals surface area contributed by atoms with Gasteiger partial charge in [-0.25, -0.2) is 15.0 Å². The van der Waals surface area contributed by atoms with E-state index in [4.69, 9.17) is 12.2 Å². The molecule has 2 aromatic rings. The van der Waals surface area contributed by atoms with Crippen molar-refractivity contribution in [1.29, 1.82) is 0 Å². The van der Waals surface area contributed by atoms with Gasteiger partial charge in [0.05, 0.1) is 0 Å². The maximum Gasteiger partial charge on any atom is 0.185 e. The zero-order chi connectivity index (χ0) is 8.55. The van der Waals surface area contributed by atoms with Crippen molar-refractivity contribution in [2.45, 2.75) is 0 Å². The number of H-pyrrole nitrogens is 1. The van der Waals surface area contributed by atoms with Gasteiger partial charge in [-0.2, -0.15) is 0 Å². The standard InChI is InChI=1S/C7H5N5/c1-2-4-11-5-6(8)9-3-10-7(5)12-4/h1,3H,(H3,8,9,10,11,12). The Morgan fingerprint density at radius 1 is 1.50 bits per heavy atom. The minimum absolute atomic E-state index is 0.356. The minimum Gasteiger partial charge on any atom is -0.382 e. The number of terminal acetylenes is 1. The summed E-state index contributed by atoms with van der Waals surface area (Å²) in [5.74, 6) is 3.12. The number of nitrogens with two attached hydrogens (primary N) is 1. The van der Waals surface area contributed by atoms with E-state index in [0.717, 1.165) is 0 Å². The Hall–Kier alpha value is -2.09. The molecule has 2 heterocycles. The molecule has 0 aliphatic rings. The van der Waals surface area contributed by atoms with Gasteiger partial charge in [0.1, 0.15) is 11.8 Å². The highest BCUT2D eigenvalue weighted by atomic mass is 15.0. The predicted octanol–water partition coefficient (Wildman–Crippen LogP) is -0.0836. The SMILES string of the molecule is C#Cc1nc2ncnc(N)c2[nH]1. The molecule has 2 rings (SSSR count). The average molecular weight is 159 g/mol. The Morgan fingerprint density at radius 2 is 2.33 bits per heavy atom. The number of fused-ring (bicyclic) bond motifs is 1. The average Bonchev–Trinajstić information content (AvgIpc) is 2.49. The lowest BCUT2D eigenvalue weighted by atomic mass is 10.5. The topological polar surface area (TPSA) is 80.5 Å². The highest BCUT2D eigenvalue weighted by molar-refractivity contribution is 5.81. The molecular formula is C7H5N5. The smallest absolute Gasteiger partial charge is 0.185 e. The van der Waals surface area contributed by atoms with E-state index in [-0.39, 0.29) is 0 Å². The number of aromatic amines is 1. The van der Waals surface area contributed by atoms with Crippen LogP contribution in [0, 0.1) is 12.3 Å². The summed E-state index contributed by atoms with van der Waals surface area (Å²) < 4.78 is 0. The first-order valence-electron chi connectivity index (χ1n) is 3.24. The van der Waals surface area contributed by atoms with Gasteiger partial charge in [0.2, 0.25) is 0 Å². The molecule has 3 N–H and O–H groups in total. The normalized spacial score (nSPS) is 9.92. The van der Waals surface area contributed by atoms with Crippen molar-refractivity contribution in [3.63, 3.8) is 0 Å². The fourth-order valence-electron chi connectivity index (χ4n) is 0.915. The number of hydrogen-bond donors (Lipinski definition) is 2. The van der Waals surface area contributed by atoms with E-state index < -0.39 is 0 Å². The number of nitrogen functional groups attached to an aromatic ring is 1. The third kappa shape index (κ3) is 0.787. The van der Waals surface area contributed by atoms with Crippen LogP contribution in [0.5, 0.6) is 0 Å². The lowest BCUT2D eigenvalue weighted by Gasteiger charge is -1.89. The summed E-state index contributed by atoms with van der Waals surface area (Å²) in [6.45, 7) is 0. The number of rotatable bonds is 0. The Kier molecular flexibility index (Phi) is 1.21. The van der Waals surface area contributed by atoms with E-state index in [1.54, 1.807) is 0 Å². The fourth-order valence-corrected chi connectivity index (χ4v) is 0.915. The summed E-state index contributed by atoms with van der Waals surface area (Å²) in [4.78, 5) is 14.4. The van der Waals surface area contributed by atoms with Gasteiger partial charge in [-0.1, -0.05) is 0 Å². The molecule has 12 heavy (non-hydrogen) atoms. The van der Waals surface area contributed by atoms with Crippen molar-refractivity contribution in [2.75, 3.05) is 5.73 Å². The summed E-state index contributed by atoms with van der Waals surface area (Å²) in [5.41, 5.74) is 6.62. The van der Waals surface area contributed by atoms with Gasteiger partial charge in [-0.3, -0.25) is 0 Å². The zero-order valence-corrected chi connectivity index (χ0v) is 6.07. The van der Waals surface area contributed by atoms with Crippen LogP contribution in [0.3, 0.4) is 0 Å². The van der Waals surface area contributed by atoms with Crippen LogP contribution < -0.4 is 5.73 Å². The van der Waals surface area contributed by atoms with Crippen LogP contribution in [-0.2, 0) is 0 Å². The molecule has 0 spiro atoms. The van der Waals surface area contributed by atoms with Crippen LogP contribution in [0.1, 0.15) is 5.82 Å². The van der Waals surface area contributed by atoms with Crippen LogP contribution in [0.4, 0.5) is 5.82 Å². The van der Waals surface area contributed by atoms with Crippen LogP contribution in [0.25, 0.3) is 11.2 Å². The third-order valence-corrected chi connectivity index (χ3v) is 1.45. The highest BCUT2D eigenvalue weighted by Crippen LogP contribution is 2.11. The molecule has 0 unspecified atom stereocenters. The molecule has 0 bridgehead atoms. The Morgan fingerprint density at radius 3 is 3.00 bits per heavy atom. The van der Waals surface area contributed by atoms with Crippen molar-refractivity contribution in [1.82, 2.24) is 19.9 Å². The van der Waals surface area contributed by atoms with Gasteiger partial charge in [0, 0.05) is 0 Å². The van der Waals surface area contributed by atoms with Gasteiger partial charge in [-0.05, 0) is 5.92 Å². The quantitative estimate of drug-likeness (QED) is 0.526. The number of nitrogens with one attached hydrogen (secondary N) is 1. The molecule has 0 saturated heterocycles. The fraction of sp³-hybridized carbons (Fsp3) is 0. The minimum atomic E-state index is 0.356. The van der Waals surface area contributed by atoms with Gasteiger partial charge in [0.25, 0.3) is 0 Å². The molecule has 5 heteroatoms. The van der Waals surface area contributed by atoms with Crippen LogP contribution >= 0.6 is 0 Å². The second-order valence-corrected chi connectivity index (χ2v) is 2.19. The molecule has 0 radical (unpaired) electrons. The van der Waals surface area contributed by atoms with E-state index in [9.17, 15) is 0 Å². The van der Waals surface area contributed by atoms with Crippen molar-refractivity contribution in [2.24, 2.45) is 0 Å². The first kappa shape index (κ1) is 6.61. The van der Waals surface area contributed by atoms with Crippen LogP contribution in [0.15, 0.2) is 6.33 Å². The van der Waals surface area contributed by atoms with Crippen molar-refractivity contribution >= 4 is 17.0 Å². The number of aromatic nitrogens is 4. The second-order valence-electron chi connectivity index (χ2n) is 2.19. The summed E-state index contributed by atoms with van der Waals surface area (Å²) in [7, 11) is 0. The van der Waals surface area contributed by atoms with Crippen LogP contribution in [-0.4, -0.2) is 19.9 Å². The van der Waals surface area contributed by atoms with E-state index in [2.05, 4.69) is 25.9 Å². The van der Waals surface area contributed by atoms with Crippen molar-refractivity contribution in [3.8, 4) is 12.3 Å². The first-order valence-corrected chi connectivity index (χ1v) is 3.24. The molecule has 0 aromatic carbocycles. The highest BCUT2D eigenvalue weighted by Gasteiger charge is 2.04. The number of nitrogens with zero attached hydrogens (tertiary/aromatic N) is 3. The maximum absolute atomic E-state index is 5.53. The molecule has 2 aromatic heterocycles. The molecule has 0 atom stereocenters. The summed E-state index contributed by atoms with van der Waals surface area (Å²) in [6.07, 6.45) is 6.48. The number of hydrogen-bond acceptors (Lipinski definition) is 4. The molecule has 5 nitrogen and oxygen atoms in total. The third-order valence-electron chi connectivity index (χ3n) is 1.45. The monoisotopic (exact) mass is 159 g/mol. The van der Waals surface area contributed by atoms with E-state index in [1.807, 2.05) is 0 Å². The lowest BCUT2D eigenvalue weighted by molar-refractivity contribution is 1.20. The van der Waals surface area contributed by atoms with Crippen molar-refractivity contribution < 1.29 is 0 Å². The summed E-state index contributed by atoms with van der Waals surface area (Å²) in [5, 5.41) is 0. The Bertz CT molecular complexity index is 464. The Balaban J connectivity index is 2.85. The Labute approximate surface area is 68.1 Å². The molecule has 0 amide bonds. The molecule has 0 fully saturated rings. The molecule has 0 saturated carbocycles. The van der Waals surface area contributed by atoms with Crippen molar-refractivity contribution in [3.05, 3.63) is 12.2 Å². The van der Waals surface area contributed by atoms with E-state index >= 15 is 0 Å². The van der Waals surface area contributed by atoms with Gasteiger partial charge in [0.15, 0.2) is 17.3 Å². The molecule has 0 aliphatic heterocycles. The van der Waals surface area contributed by atoms with Gasteiger partial charge >= 0.3 is 0 Å². The second kappa shape index (κ2) is 2.20. The first-order chi connectivity index (χ1) is 5.81. The predicted molar refractivity (Wildman–Crippen MR) is 44.0 cm³/mol. The van der Waals surface area contributed by atoms with Gasteiger partial charge in [-0.15, -0.1) is 6.42 Å². The maximum atomic E-state index is 5.53. The van der Waals surface area contributed by atoms with Crippen LogP contribution in [0.2, 0.25) is 0 Å². The van der Waals surface area contributed by atoms with E-state index in [0.29, 0.717) is 22.8 Å².